The molecule has 2 heteroatoms. The lowest BCUT2D eigenvalue weighted by Crippen LogP contribution is -1.92. The second kappa shape index (κ2) is 4.50. The summed E-state index contributed by atoms with van der Waals surface area (Å²) >= 11 is 0. The molecule has 0 bridgehead atoms. The van der Waals surface area contributed by atoms with Gasteiger partial charge in [-0.05, 0) is 60.4 Å². The van der Waals surface area contributed by atoms with Gasteiger partial charge in [0.2, 0.25) is 0 Å². The van der Waals surface area contributed by atoms with E-state index in [4.69, 9.17) is 10.5 Å². The van der Waals surface area contributed by atoms with E-state index in [1.807, 2.05) is 24.3 Å². The standard InChI is InChI=1S/C15H17NO/c1-10-8-13(9-11(2)15(10)17-3)12-4-6-14(16)7-5-12/h4-9H,16H2,1-3H3. The van der Waals surface area contributed by atoms with Gasteiger partial charge in [-0.15, -0.1) is 0 Å². The monoisotopic (exact) mass is 227 g/mol. The number of rotatable bonds is 2. The normalized spacial score (nSPS) is 10.3. The molecular weight excluding hydrogens is 210 g/mol. The van der Waals surface area contributed by atoms with E-state index in [-0.39, 0.29) is 0 Å². The third-order valence-corrected chi connectivity index (χ3v) is 2.91. The fourth-order valence-corrected chi connectivity index (χ4v) is 2.11. The lowest BCUT2D eigenvalue weighted by Gasteiger charge is -2.11. The molecule has 0 aliphatic rings. The lowest BCUT2D eigenvalue weighted by atomic mass is 9.99. The number of nitrogen functional groups attached to an aromatic ring is 1. The summed E-state index contributed by atoms with van der Waals surface area (Å²) in [5.74, 6) is 0.962. The van der Waals surface area contributed by atoms with Crippen molar-refractivity contribution in [2.75, 3.05) is 12.8 Å². The second-order valence-corrected chi connectivity index (χ2v) is 4.27. The zero-order valence-corrected chi connectivity index (χ0v) is 10.4. The van der Waals surface area contributed by atoms with E-state index in [9.17, 15) is 0 Å². The maximum Gasteiger partial charge on any atom is 0.124 e. The van der Waals surface area contributed by atoms with Gasteiger partial charge in [-0.1, -0.05) is 12.1 Å². The second-order valence-electron chi connectivity index (χ2n) is 4.27. The molecule has 2 nitrogen and oxygen atoms in total. The largest absolute Gasteiger partial charge is 0.496 e. The Morgan fingerprint density at radius 1 is 0.882 bits per heavy atom. The molecule has 2 rings (SSSR count). The SMILES string of the molecule is COc1c(C)cc(-c2ccc(N)cc2)cc1C. The van der Waals surface area contributed by atoms with Gasteiger partial charge < -0.3 is 10.5 Å². The van der Waals surface area contributed by atoms with Crippen LogP contribution in [0.4, 0.5) is 5.69 Å². The Labute approximate surface area is 102 Å². The Morgan fingerprint density at radius 3 is 1.88 bits per heavy atom. The van der Waals surface area contributed by atoms with Crippen molar-refractivity contribution in [2.45, 2.75) is 13.8 Å². The molecule has 0 unspecified atom stereocenters. The number of anilines is 1. The van der Waals surface area contributed by atoms with Gasteiger partial charge in [-0.2, -0.15) is 0 Å². The highest BCUT2D eigenvalue weighted by Crippen LogP contribution is 2.30. The van der Waals surface area contributed by atoms with Gasteiger partial charge in [0.25, 0.3) is 0 Å². The lowest BCUT2D eigenvalue weighted by molar-refractivity contribution is 0.408. The van der Waals surface area contributed by atoms with Crippen LogP contribution in [0.2, 0.25) is 0 Å². The van der Waals surface area contributed by atoms with Crippen LogP contribution in [0.25, 0.3) is 11.1 Å². The first kappa shape index (κ1) is 11.5. The van der Waals surface area contributed by atoms with Crippen LogP contribution >= 0.6 is 0 Å². The molecule has 17 heavy (non-hydrogen) atoms. The molecule has 88 valence electrons. The van der Waals surface area contributed by atoms with Gasteiger partial charge in [-0.3, -0.25) is 0 Å². The average molecular weight is 227 g/mol. The van der Waals surface area contributed by atoms with E-state index in [0.717, 1.165) is 22.6 Å². The highest BCUT2D eigenvalue weighted by molar-refractivity contribution is 5.68. The van der Waals surface area contributed by atoms with Gasteiger partial charge in [0.1, 0.15) is 5.75 Å². The molecule has 0 aliphatic carbocycles. The van der Waals surface area contributed by atoms with Crippen LogP contribution in [0.1, 0.15) is 11.1 Å². The van der Waals surface area contributed by atoms with E-state index < -0.39 is 0 Å². The minimum Gasteiger partial charge on any atom is -0.496 e. The van der Waals surface area contributed by atoms with Crippen molar-refractivity contribution >= 4 is 5.69 Å². The summed E-state index contributed by atoms with van der Waals surface area (Å²) in [6.45, 7) is 4.12. The van der Waals surface area contributed by atoms with E-state index in [2.05, 4.69) is 26.0 Å². The number of hydrogen-bond acceptors (Lipinski definition) is 2. The number of hydrogen-bond donors (Lipinski definition) is 1. The van der Waals surface area contributed by atoms with E-state index in [1.165, 1.54) is 11.1 Å². The molecule has 0 saturated carbocycles. The van der Waals surface area contributed by atoms with Crippen LogP contribution in [0.5, 0.6) is 5.75 Å². The van der Waals surface area contributed by atoms with E-state index in [1.54, 1.807) is 7.11 Å². The predicted octanol–water partition coefficient (Wildman–Crippen LogP) is 3.56. The third-order valence-electron chi connectivity index (χ3n) is 2.91. The van der Waals surface area contributed by atoms with Gasteiger partial charge in [0, 0.05) is 5.69 Å². The Bertz CT molecular complexity index is 506. The highest BCUT2D eigenvalue weighted by atomic mass is 16.5. The maximum atomic E-state index is 5.69. The Hall–Kier alpha value is -1.96. The van der Waals surface area contributed by atoms with Crippen molar-refractivity contribution in [3.63, 3.8) is 0 Å². The third kappa shape index (κ3) is 2.26. The van der Waals surface area contributed by atoms with Crippen LogP contribution in [0.3, 0.4) is 0 Å². The van der Waals surface area contributed by atoms with Gasteiger partial charge in [0.15, 0.2) is 0 Å². The van der Waals surface area contributed by atoms with Crippen molar-refractivity contribution in [3.05, 3.63) is 47.5 Å². The molecule has 0 spiro atoms. The van der Waals surface area contributed by atoms with Crippen molar-refractivity contribution in [1.29, 1.82) is 0 Å². The summed E-state index contributed by atoms with van der Waals surface area (Å²) < 4.78 is 5.37. The predicted molar refractivity (Wildman–Crippen MR) is 72.3 cm³/mol. The Balaban J connectivity index is 2.50. The van der Waals surface area contributed by atoms with Crippen LogP contribution in [0, 0.1) is 13.8 Å². The summed E-state index contributed by atoms with van der Waals surface area (Å²) in [6, 6.07) is 12.2. The number of nitrogens with two attached hydrogens (primary N) is 1. The smallest absolute Gasteiger partial charge is 0.124 e. The number of methoxy groups -OCH3 is 1. The molecule has 0 radical (unpaired) electrons. The molecule has 2 N–H and O–H groups in total. The summed E-state index contributed by atoms with van der Waals surface area (Å²) in [7, 11) is 1.71. The van der Waals surface area contributed by atoms with Crippen LogP contribution in [0.15, 0.2) is 36.4 Å². The van der Waals surface area contributed by atoms with Crippen molar-refractivity contribution in [1.82, 2.24) is 0 Å². The Morgan fingerprint density at radius 2 is 1.41 bits per heavy atom. The van der Waals surface area contributed by atoms with Crippen LogP contribution in [-0.4, -0.2) is 7.11 Å². The average Bonchev–Trinajstić information content (AvgIpc) is 2.29. The minimum atomic E-state index is 0.788. The Kier molecular flexibility index (Phi) is 3.05. The van der Waals surface area contributed by atoms with Crippen molar-refractivity contribution in [3.8, 4) is 16.9 Å². The first-order chi connectivity index (χ1) is 8.11. The molecular formula is C15H17NO. The maximum absolute atomic E-state index is 5.69. The van der Waals surface area contributed by atoms with Gasteiger partial charge in [0.05, 0.1) is 7.11 Å². The van der Waals surface area contributed by atoms with Gasteiger partial charge >= 0.3 is 0 Å². The number of ether oxygens (including phenoxy) is 1. The molecule has 0 amide bonds. The quantitative estimate of drug-likeness (QED) is 0.796. The van der Waals surface area contributed by atoms with Gasteiger partial charge in [-0.25, -0.2) is 0 Å². The molecule has 0 atom stereocenters. The zero-order chi connectivity index (χ0) is 12.4. The molecule has 0 saturated heterocycles. The van der Waals surface area contributed by atoms with E-state index >= 15 is 0 Å². The van der Waals surface area contributed by atoms with Crippen LogP contribution in [-0.2, 0) is 0 Å². The fourth-order valence-electron chi connectivity index (χ4n) is 2.11. The molecule has 2 aromatic rings. The summed E-state index contributed by atoms with van der Waals surface area (Å²) in [5.41, 5.74) is 11.2. The number of aryl methyl sites for hydroxylation is 2. The zero-order valence-electron chi connectivity index (χ0n) is 10.4. The molecule has 0 heterocycles. The molecule has 0 aliphatic heterocycles. The topological polar surface area (TPSA) is 35.2 Å². The fraction of sp³-hybridized carbons (Fsp3) is 0.200. The molecule has 0 fully saturated rings. The van der Waals surface area contributed by atoms with Crippen molar-refractivity contribution < 1.29 is 4.74 Å². The number of benzene rings is 2. The summed E-state index contributed by atoms with van der Waals surface area (Å²) in [5, 5.41) is 0. The van der Waals surface area contributed by atoms with E-state index in [0.29, 0.717) is 0 Å². The highest BCUT2D eigenvalue weighted by Gasteiger charge is 2.06. The minimum absolute atomic E-state index is 0.788. The van der Waals surface area contributed by atoms with Crippen LogP contribution < -0.4 is 10.5 Å². The molecule has 0 aromatic heterocycles. The first-order valence-corrected chi connectivity index (χ1v) is 5.63. The first-order valence-electron chi connectivity index (χ1n) is 5.63. The summed E-state index contributed by atoms with van der Waals surface area (Å²) in [6.07, 6.45) is 0. The molecule has 2 aromatic carbocycles. The summed E-state index contributed by atoms with van der Waals surface area (Å²) in [4.78, 5) is 0. The van der Waals surface area contributed by atoms with Crippen molar-refractivity contribution in [2.24, 2.45) is 0 Å².